The van der Waals surface area contributed by atoms with Crippen LogP contribution in [0.4, 0.5) is 5.69 Å². The molecule has 0 saturated carbocycles. The lowest BCUT2D eigenvalue weighted by Crippen LogP contribution is -2.41. The van der Waals surface area contributed by atoms with E-state index >= 15 is 0 Å². The maximum Gasteiger partial charge on any atom is 0.306 e. The number of nitrogens with one attached hydrogen (secondary N) is 1. The summed E-state index contributed by atoms with van der Waals surface area (Å²) in [7, 11) is 1.48. The third kappa shape index (κ3) is 4.94. The van der Waals surface area contributed by atoms with E-state index in [0.717, 1.165) is 22.3 Å². The molecule has 0 aromatic heterocycles. The number of halogens is 1. The minimum atomic E-state index is -0.505. The van der Waals surface area contributed by atoms with Gasteiger partial charge in [0.05, 0.1) is 24.6 Å². The summed E-state index contributed by atoms with van der Waals surface area (Å²) in [6.45, 7) is -0.100. The Morgan fingerprint density at radius 2 is 1.40 bits per heavy atom. The van der Waals surface area contributed by atoms with Crippen LogP contribution in [0.5, 0.6) is 5.75 Å². The van der Waals surface area contributed by atoms with Crippen molar-refractivity contribution in [3.63, 3.8) is 0 Å². The van der Waals surface area contributed by atoms with Gasteiger partial charge in [-0.3, -0.25) is 24.1 Å². The molecule has 9 heteroatoms. The van der Waals surface area contributed by atoms with E-state index in [4.69, 9.17) is 21.1 Å². The number of carbonyl (C=O) groups is 4. The maximum atomic E-state index is 13.6. The molecular weight excluding hydrogens is 556 g/mol. The lowest BCUT2D eigenvalue weighted by atomic mass is 9.55. The highest BCUT2D eigenvalue weighted by Gasteiger charge is 2.61. The van der Waals surface area contributed by atoms with Crippen molar-refractivity contribution in [2.45, 2.75) is 37.5 Å². The minimum Gasteiger partial charge on any atom is -0.495 e. The van der Waals surface area contributed by atoms with Crippen molar-refractivity contribution < 1.29 is 28.7 Å². The molecular formula is C33H31ClN2O6. The summed E-state index contributed by atoms with van der Waals surface area (Å²) in [6, 6.07) is 21.2. The minimum absolute atomic E-state index is 0.0919. The Bertz CT molecular complexity index is 1460. The molecule has 3 aromatic carbocycles. The molecule has 2 bridgehead atoms. The van der Waals surface area contributed by atoms with Crippen molar-refractivity contribution in [2.75, 3.05) is 25.6 Å². The van der Waals surface area contributed by atoms with Crippen molar-refractivity contribution in [2.24, 2.45) is 11.8 Å². The van der Waals surface area contributed by atoms with E-state index in [9.17, 15) is 19.2 Å². The molecule has 1 aliphatic heterocycles. The van der Waals surface area contributed by atoms with Crippen LogP contribution in [-0.2, 0) is 23.9 Å². The number of hydrogen-bond donors (Lipinski definition) is 1. The average Bonchev–Trinajstić information content (AvgIpc) is 3.25. The first-order valence-corrected chi connectivity index (χ1v) is 14.6. The first kappa shape index (κ1) is 28.0. The molecule has 1 heterocycles. The Hall–Kier alpha value is -4.17. The molecule has 1 fully saturated rings. The molecule has 3 amide bonds. The van der Waals surface area contributed by atoms with Crippen molar-refractivity contribution in [1.29, 1.82) is 0 Å². The molecule has 8 nitrogen and oxygen atoms in total. The van der Waals surface area contributed by atoms with Gasteiger partial charge in [0, 0.05) is 29.8 Å². The number of anilines is 1. The van der Waals surface area contributed by atoms with Crippen molar-refractivity contribution >= 4 is 41.0 Å². The standard InChI is InChI=1S/C33H31ClN2O6/c1-41-25-15-14-19(34)17-24(25)35-26(37)18-42-27(38)13-3-2-8-16-36-32(39)30-28-20-9-4-5-10-21(20)29(31(30)33(36)40)23-12-7-6-11-22(23)28/h4-7,9-12,14-15,17,28-31H,2-3,8,13,16,18H2,1H3,(H,35,37)/t28?,29?,30-,31+. The van der Waals surface area contributed by atoms with Crippen LogP contribution >= 0.6 is 11.6 Å². The van der Waals surface area contributed by atoms with E-state index in [1.807, 2.05) is 24.3 Å². The summed E-state index contributed by atoms with van der Waals surface area (Å²) in [5.74, 6) is -1.71. The number of ether oxygens (including phenoxy) is 2. The van der Waals surface area contributed by atoms with Gasteiger partial charge in [-0.2, -0.15) is 0 Å². The molecule has 3 aliphatic carbocycles. The fourth-order valence-electron chi connectivity index (χ4n) is 6.86. The smallest absolute Gasteiger partial charge is 0.306 e. The van der Waals surface area contributed by atoms with Crippen molar-refractivity contribution in [3.05, 3.63) is 94.0 Å². The third-order valence-corrected chi connectivity index (χ3v) is 8.84. The summed E-state index contributed by atoms with van der Waals surface area (Å²) in [5, 5.41) is 3.05. The molecule has 0 radical (unpaired) electrons. The van der Waals surface area contributed by atoms with Crippen LogP contribution < -0.4 is 10.1 Å². The summed E-state index contributed by atoms with van der Waals surface area (Å²) in [5.41, 5.74) is 5.01. The highest BCUT2D eigenvalue weighted by atomic mass is 35.5. The van der Waals surface area contributed by atoms with E-state index in [-0.39, 0.29) is 41.9 Å². The number of amides is 3. The number of unbranched alkanes of at least 4 members (excludes halogenated alkanes) is 2. The van der Waals surface area contributed by atoms with E-state index in [0.29, 0.717) is 42.3 Å². The molecule has 2 atom stereocenters. The highest BCUT2D eigenvalue weighted by molar-refractivity contribution is 6.31. The Labute approximate surface area is 248 Å². The number of likely N-dealkylation sites (tertiary alicyclic amines) is 1. The van der Waals surface area contributed by atoms with Crippen molar-refractivity contribution in [3.8, 4) is 5.75 Å². The zero-order valence-corrected chi connectivity index (χ0v) is 23.9. The van der Waals surface area contributed by atoms with Gasteiger partial charge in [0.1, 0.15) is 5.75 Å². The van der Waals surface area contributed by atoms with E-state index in [2.05, 4.69) is 29.6 Å². The van der Waals surface area contributed by atoms with E-state index < -0.39 is 18.5 Å². The largest absolute Gasteiger partial charge is 0.495 e. The van der Waals surface area contributed by atoms with E-state index in [1.54, 1.807) is 18.2 Å². The number of esters is 1. The topological polar surface area (TPSA) is 102 Å². The zero-order valence-electron chi connectivity index (χ0n) is 23.2. The number of imide groups is 1. The normalized spacial score (nSPS) is 21.4. The summed E-state index contributed by atoms with van der Waals surface area (Å²) in [4.78, 5) is 53.2. The third-order valence-electron chi connectivity index (χ3n) is 8.60. The Morgan fingerprint density at radius 1 is 0.833 bits per heavy atom. The molecule has 42 heavy (non-hydrogen) atoms. The molecule has 0 unspecified atom stereocenters. The molecule has 4 aliphatic rings. The predicted octanol–water partition coefficient (Wildman–Crippen LogP) is 5.28. The van der Waals surface area contributed by atoms with Gasteiger partial charge in [-0.05, 0) is 53.3 Å². The summed E-state index contributed by atoms with van der Waals surface area (Å²) in [6.07, 6.45) is 1.89. The van der Waals surface area contributed by atoms with Crippen LogP contribution in [0.1, 0.15) is 59.8 Å². The fraction of sp³-hybridized carbons (Fsp3) is 0.333. The quantitative estimate of drug-likeness (QED) is 0.197. The van der Waals surface area contributed by atoms with Crippen LogP contribution in [0.2, 0.25) is 5.02 Å². The number of hydrogen-bond acceptors (Lipinski definition) is 6. The molecule has 216 valence electrons. The van der Waals surface area contributed by atoms with Crippen molar-refractivity contribution in [1.82, 2.24) is 4.90 Å². The van der Waals surface area contributed by atoms with Crippen LogP contribution in [0.3, 0.4) is 0 Å². The molecule has 1 saturated heterocycles. The monoisotopic (exact) mass is 586 g/mol. The second-order valence-corrected chi connectivity index (χ2v) is 11.4. The van der Waals surface area contributed by atoms with Gasteiger partial charge in [0.2, 0.25) is 11.8 Å². The lowest BCUT2D eigenvalue weighted by Gasteiger charge is -2.45. The molecule has 1 N–H and O–H groups in total. The zero-order chi connectivity index (χ0) is 29.4. The predicted molar refractivity (Wildman–Crippen MR) is 156 cm³/mol. The second kappa shape index (κ2) is 11.6. The molecule has 0 spiro atoms. The van der Waals surface area contributed by atoms with Gasteiger partial charge in [0.25, 0.3) is 5.91 Å². The fourth-order valence-corrected chi connectivity index (χ4v) is 7.03. The number of rotatable bonds is 10. The second-order valence-electron chi connectivity index (χ2n) is 11.0. The van der Waals surface area contributed by atoms with Gasteiger partial charge < -0.3 is 14.8 Å². The first-order chi connectivity index (χ1) is 20.4. The lowest BCUT2D eigenvalue weighted by molar-refractivity contribution is -0.147. The number of benzene rings is 3. The van der Waals surface area contributed by atoms with Gasteiger partial charge >= 0.3 is 5.97 Å². The molecule has 3 aromatic rings. The van der Waals surface area contributed by atoms with Gasteiger partial charge in [0.15, 0.2) is 6.61 Å². The van der Waals surface area contributed by atoms with Crippen LogP contribution in [0, 0.1) is 11.8 Å². The van der Waals surface area contributed by atoms with Gasteiger partial charge in [-0.15, -0.1) is 0 Å². The van der Waals surface area contributed by atoms with Crippen LogP contribution in [0.25, 0.3) is 0 Å². The number of carbonyl (C=O) groups excluding carboxylic acids is 4. The van der Waals surface area contributed by atoms with Crippen LogP contribution in [-0.4, -0.2) is 48.9 Å². The summed E-state index contributed by atoms with van der Waals surface area (Å²) < 4.78 is 10.3. The number of methoxy groups -OCH3 is 1. The average molecular weight is 587 g/mol. The Balaban J connectivity index is 0.993. The SMILES string of the molecule is COc1ccc(Cl)cc1NC(=O)COC(=O)CCCCCN1C(=O)[C@@H]2C3c4ccccc4C(c4ccccc43)[C@@H]2C1=O. The Morgan fingerprint density at radius 3 is 1.95 bits per heavy atom. The van der Waals surface area contributed by atoms with E-state index in [1.165, 1.54) is 12.0 Å². The number of nitrogens with zero attached hydrogens (tertiary/aromatic N) is 1. The summed E-state index contributed by atoms with van der Waals surface area (Å²) >= 11 is 5.98. The first-order valence-electron chi connectivity index (χ1n) is 14.2. The van der Waals surface area contributed by atoms with Crippen LogP contribution in [0.15, 0.2) is 66.7 Å². The van der Waals surface area contributed by atoms with Gasteiger partial charge in [-0.25, -0.2) is 0 Å². The van der Waals surface area contributed by atoms with Gasteiger partial charge in [-0.1, -0.05) is 66.6 Å². The highest BCUT2D eigenvalue weighted by Crippen LogP contribution is 2.60. The molecule has 7 rings (SSSR count). The Kier molecular flexibility index (Phi) is 7.73. The maximum absolute atomic E-state index is 13.6.